The van der Waals surface area contributed by atoms with E-state index in [1.165, 1.54) is 5.56 Å². The van der Waals surface area contributed by atoms with E-state index in [9.17, 15) is 9.18 Å². The molecule has 3 nitrogen and oxygen atoms in total. The number of hydrogen-bond acceptors (Lipinski definition) is 1. The molecule has 0 bridgehead atoms. The third-order valence-corrected chi connectivity index (χ3v) is 3.21. The van der Waals surface area contributed by atoms with Crippen molar-refractivity contribution in [1.82, 2.24) is 10.6 Å². The van der Waals surface area contributed by atoms with E-state index in [-0.39, 0.29) is 18.6 Å². The Morgan fingerprint density at radius 2 is 2.35 bits per heavy atom. The normalized spacial score (nSPS) is 17.6. The van der Waals surface area contributed by atoms with Crippen molar-refractivity contribution in [3.63, 3.8) is 0 Å². The number of hydrogen-bond donors (Lipinski definition) is 2. The largest absolute Gasteiger partial charge is 0.336 e. The van der Waals surface area contributed by atoms with Gasteiger partial charge in [-0.1, -0.05) is 23.7 Å². The standard InChI is InChI=1S/C12H14ClFN2O/c13-9-3-1-2-8-4-5-10(11(8)9)16-12(17)15-7-6-14/h1-3,10H,4-7H2,(H2,15,16,17). The Morgan fingerprint density at radius 1 is 1.53 bits per heavy atom. The molecule has 5 heteroatoms. The maximum atomic E-state index is 11.9. The fraction of sp³-hybridized carbons (Fsp3) is 0.417. The van der Waals surface area contributed by atoms with Gasteiger partial charge in [0.05, 0.1) is 6.04 Å². The summed E-state index contributed by atoms with van der Waals surface area (Å²) in [5.41, 5.74) is 2.16. The number of alkyl halides is 1. The lowest BCUT2D eigenvalue weighted by molar-refractivity contribution is 0.236. The zero-order valence-electron chi connectivity index (χ0n) is 9.30. The molecule has 0 aromatic heterocycles. The summed E-state index contributed by atoms with van der Waals surface area (Å²) >= 11 is 6.12. The van der Waals surface area contributed by atoms with Gasteiger partial charge in [-0.2, -0.15) is 0 Å². The molecule has 0 radical (unpaired) electrons. The van der Waals surface area contributed by atoms with Gasteiger partial charge in [-0.25, -0.2) is 9.18 Å². The molecule has 92 valence electrons. The second kappa shape index (κ2) is 5.36. The first-order chi connectivity index (χ1) is 8.22. The summed E-state index contributed by atoms with van der Waals surface area (Å²) in [6, 6.07) is 5.33. The highest BCUT2D eigenvalue weighted by atomic mass is 35.5. The fourth-order valence-corrected chi connectivity index (χ4v) is 2.47. The van der Waals surface area contributed by atoms with Crippen LogP contribution < -0.4 is 10.6 Å². The minimum atomic E-state index is -0.560. The maximum absolute atomic E-state index is 11.9. The van der Waals surface area contributed by atoms with Crippen LogP contribution in [0.4, 0.5) is 9.18 Å². The Balaban J connectivity index is 2.04. The molecule has 1 aromatic carbocycles. The smallest absolute Gasteiger partial charge is 0.315 e. The molecule has 2 N–H and O–H groups in total. The minimum Gasteiger partial charge on any atom is -0.336 e. The summed E-state index contributed by atoms with van der Waals surface area (Å²) in [5.74, 6) is 0. The summed E-state index contributed by atoms with van der Waals surface area (Å²) < 4.78 is 11.9. The third kappa shape index (κ3) is 2.69. The summed E-state index contributed by atoms with van der Waals surface area (Å²) in [7, 11) is 0. The van der Waals surface area contributed by atoms with Crippen LogP contribution in [-0.4, -0.2) is 19.3 Å². The molecule has 1 unspecified atom stereocenters. The number of aryl methyl sites for hydroxylation is 1. The molecule has 0 heterocycles. The number of nitrogens with one attached hydrogen (secondary N) is 2. The molecule has 0 spiro atoms. The van der Waals surface area contributed by atoms with Gasteiger partial charge in [0, 0.05) is 11.6 Å². The summed E-state index contributed by atoms with van der Waals surface area (Å²) in [5, 5.41) is 5.93. The van der Waals surface area contributed by atoms with E-state index < -0.39 is 6.67 Å². The third-order valence-electron chi connectivity index (χ3n) is 2.88. The maximum Gasteiger partial charge on any atom is 0.315 e. The zero-order valence-corrected chi connectivity index (χ0v) is 10.1. The Labute approximate surface area is 104 Å². The second-order valence-corrected chi connectivity index (χ2v) is 4.40. The molecule has 2 amide bonds. The van der Waals surface area contributed by atoms with E-state index in [4.69, 9.17) is 11.6 Å². The quantitative estimate of drug-likeness (QED) is 0.858. The van der Waals surface area contributed by atoms with E-state index in [0.29, 0.717) is 5.02 Å². The van der Waals surface area contributed by atoms with Crippen molar-refractivity contribution in [3.8, 4) is 0 Å². The fourth-order valence-electron chi connectivity index (χ4n) is 2.15. The van der Waals surface area contributed by atoms with E-state index >= 15 is 0 Å². The first kappa shape index (κ1) is 12.2. The van der Waals surface area contributed by atoms with Crippen molar-refractivity contribution >= 4 is 17.6 Å². The first-order valence-corrected chi connectivity index (χ1v) is 5.98. The van der Waals surface area contributed by atoms with E-state index in [1.807, 2.05) is 18.2 Å². The Morgan fingerprint density at radius 3 is 3.12 bits per heavy atom. The Bertz CT molecular complexity index is 425. The number of rotatable bonds is 3. The van der Waals surface area contributed by atoms with Gasteiger partial charge in [-0.3, -0.25) is 0 Å². The van der Waals surface area contributed by atoms with Gasteiger partial charge in [0.15, 0.2) is 0 Å². The van der Waals surface area contributed by atoms with Crippen molar-refractivity contribution in [1.29, 1.82) is 0 Å². The summed E-state index contributed by atoms with van der Waals surface area (Å²) in [6.45, 7) is -0.524. The van der Waals surface area contributed by atoms with Gasteiger partial charge in [0.1, 0.15) is 6.67 Å². The molecule has 17 heavy (non-hydrogen) atoms. The number of urea groups is 1. The van der Waals surface area contributed by atoms with Gasteiger partial charge in [-0.05, 0) is 30.0 Å². The van der Waals surface area contributed by atoms with Crippen LogP contribution in [0.5, 0.6) is 0 Å². The summed E-state index contributed by atoms with van der Waals surface area (Å²) in [6.07, 6.45) is 1.74. The van der Waals surface area contributed by atoms with Crippen LogP contribution in [0.25, 0.3) is 0 Å². The molecule has 0 fully saturated rings. The van der Waals surface area contributed by atoms with Gasteiger partial charge in [0.2, 0.25) is 0 Å². The molecular weight excluding hydrogens is 243 g/mol. The average Bonchev–Trinajstić information content (AvgIpc) is 2.71. The number of carbonyl (C=O) groups is 1. The van der Waals surface area contributed by atoms with Crippen LogP contribution in [0, 0.1) is 0 Å². The highest BCUT2D eigenvalue weighted by Crippen LogP contribution is 2.35. The molecule has 1 aromatic rings. The van der Waals surface area contributed by atoms with Crippen LogP contribution in [-0.2, 0) is 6.42 Å². The summed E-state index contributed by atoms with van der Waals surface area (Å²) in [4.78, 5) is 11.4. The Kier molecular flexibility index (Phi) is 3.84. The number of halogens is 2. The van der Waals surface area contributed by atoms with Crippen LogP contribution in [0.1, 0.15) is 23.6 Å². The lowest BCUT2D eigenvalue weighted by atomic mass is 10.1. The number of amides is 2. The van der Waals surface area contributed by atoms with E-state index in [0.717, 1.165) is 18.4 Å². The molecule has 1 aliphatic rings. The van der Waals surface area contributed by atoms with E-state index in [1.54, 1.807) is 0 Å². The average molecular weight is 257 g/mol. The van der Waals surface area contributed by atoms with Crippen LogP contribution in [0.3, 0.4) is 0 Å². The molecular formula is C12H14ClFN2O. The number of carbonyl (C=O) groups excluding carboxylic acids is 1. The van der Waals surface area contributed by atoms with Crippen LogP contribution in [0.15, 0.2) is 18.2 Å². The second-order valence-electron chi connectivity index (χ2n) is 3.99. The number of fused-ring (bicyclic) bond motifs is 1. The number of benzene rings is 1. The minimum absolute atomic E-state index is 0.0356. The Hall–Kier alpha value is -1.29. The highest BCUT2D eigenvalue weighted by Gasteiger charge is 2.25. The molecule has 1 atom stereocenters. The topological polar surface area (TPSA) is 41.1 Å². The SMILES string of the molecule is O=C(NCCF)NC1CCc2cccc(Cl)c21. The van der Waals surface area contributed by atoms with Gasteiger partial charge in [-0.15, -0.1) is 0 Å². The van der Waals surface area contributed by atoms with E-state index in [2.05, 4.69) is 10.6 Å². The monoisotopic (exact) mass is 256 g/mol. The molecule has 2 rings (SSSR count). The van der Waals surface area contributed by atoms with Gasteiger partial charge in [0.25, 0.3) is 0 Å². The zero-order chi connectivity index (χ0) is 12.3. The van der Waals surface area contributed by atoms with Gasteiger partial charge < -0.3 is 10.6 Å². The predicted molar refractivity (Wildman–Crippen MR) is 65.0 cm³/mol. The predicted octanol–water partition coefficient (Wildman–Crippen LogP) is 2.60. The lowest BCUT2D eigenvalue weighted by Gasteiger charge is -2.15. The van der Waals surface area contributed by atoms with Crippen LogP contribution >= 0.6 is 11.6 Å². The first-order valence-electron chi connectivity index (χ1n) is 5.60. The molecule has 1 aliphatic carbocycles. The van der Waals surface area contributed by atoms with Gasteiger partial charge >= 0.3 is 6.03 Å². The van der Waals surface area contributed by atoms with Crippen LogP contribution in [0.2, 0.25) is 5.02 Å². The lowest BCUT2D eigenvalue weighted by Crippen LogP contribution is -2.38. The molecule has 0 saturated carbocycles. The van der Waals surface area contributed by atoms with Crippen molar-refractivity contribution in [2.45, 2.75) is 18.9 Å². The molecule has 0 aliphatic heterocycles. The highest BCUT2D eigenvalue weighted by molar-refractivity contribution is 6.31. The van der Waals surface area contributed by atoms with Crippen molar-refractivity contribution in [3.05, 3.63) is 34.3 Å². The van der Waals surface area contributed by atoms with Crippen molar-refractivity contribution < 1.29 is 9.18 Å². The van der Waals surface area contributed by atoms with Crippen molar-refractivity contribution in [2.75, 3.05) is 13.2 Å². The van der Waals surface area contributed by atoms with Crippen molar-refractivity contribution in [2.24, 2.45) is 0 Å². The molecule has 0 saturated heterocycles.